The molecule has 0 aromatic heterocycles. The van der Waals surface area contributed by atoms with E-state index in [0.29, 0.717) is 0 Å². The predicted octanol–water partition coefficient (Wildman–Crippen LogP) is 4.69. The zero-order valence-electron chi connectivity index (χ0n) is 11.4. The van der Waals surface area contributed by atoms with Crippen molar-refractivity contribution in [2.24, 2.45) is 0 Å². The van der Waals surface area contributed by atoms with Gasteiger partial charge < -0.3 is 5.73 Å². The van der Waals surface area contributed by atoms with E-state index in [1.807, 2.05) is 17.8 Å². The third kappa shape index (κ3) is 4.64. The van der Waals surface area contributed by atoms with Crippen molar-refractivity contribution in [3.05, 3.63) is 59.7 Å². The van der Waals surface area contributed by atoms with Crippen LogP contribution in [0.2, 0.25) is 0 Å². The lowest BCUT2D eigenvalue weighted by Gasteiger charge is -2.06. The van der Waals surface area contributed by atoms with Gasteiger partial charge >= 0.3 is 0 Å². The fraction of sp³-hybridized carbons (Fsp3) is 0.294. The first-order valence-electron chi connectivity index (χ1n) is 6.78. The first kappa shape index (κ1) is 14.0. The van der Waals surface area contributed by atoms with Crippen LogP contribution in [0.5, 0.6) is 0 Å². The van der Waals surface area contributed by atoms with Crippen molar-refractivity contribution in [3.63, 3.8) is 0 Å². The van der Waals surface area contributed by atoms with Crippen LogP contribution in [0.15, 0.2) is 53.4 Å². The quantitative estimate of drug-likeness (QED) is 0.468. The molecule has 0 spiro atoms. The number of hydrogen-bond acceptors (Lipinski definition) is 2. The highest BCUT2D eigenvalue weighted by molar-refractivity contribution is 7.99. The Morgan fingerprint density at radius 1 is 1.00 bits per heavy atom. The SMILES string of the molecule is Cc1ccc(SCCCCc2ccccc2)c(N)c1. The van der Waals surface area contributed by atoms with Crippen molar-refractivity contribution in [1.82, 2.24) is 0 Å². The zero-order chi connectivity index (χ0) is 13.5. The molecule has 0 saturated heterocycles. The Balaban J connectivity index is 1.69. The van der Waals surface area contributed by atoms with Crippen molar-refractivity contribution >= 4 is 17.4 Å². The Morgan fingerprint density at radius 3 is 2.53 bits per heavy atom. The molecule has 0 bridgehead atoms. The summed E-state index contributed by atoms with van der Waals surface area (Å²) < 4.78 is 0. The zero-order valence-corrected chi connectivity index (χ0v) is 12.2. The lowest BCUT2D eigenvalue weighted by atomic mass is 10.1. The lowest BCUT2D eigenvalue weighted by Crippen LogP contribution is -1.91. The largest absolute Gasteiger partial charge is 0.398 e. The fourth-order valence-corrected chi connectivity index (χ4v) is 3.02. The molecule has 19 heavy (non-hydrogen) atoms. The third-order valence-corrected chi connectivity index (χ3v) is 4.30. The fourth-order valence-electron chi connectivity index (χ4n) is 2.06. The van der Waals surface area contributed by atoms with Crippen LogP contribution < -0.4 is 5.73 Å². The van der Waals surface area contributed by atoms with Gasteiger partial charge in [-0.15, -0.1) is 11.8 Å². The molecular weight excluding hydrogens is 250 g/mol. The van der Waals surface area contributed by atoms with E-state index >= 15 is 0 Å². The van der Waals surface area contributed by atoms with Crippen LogP contribution in [0.25, 0.3) is 0 Å². The molecule has 2 aromatic rings. The number of thioether (sulfide) groups is 1. The predicted molar refractivity (Wildman–Crippen MR) is 85.7 cm³/mol. The van der Waals surface area contributed by atoms with Crippen molar-refractivity contribution in [2.75, 3.05) is 11.5 Å². The van der Waals surface area contributed by atoms with Crippen LogP contribution >= 0.6 is 11.8 Å². The number of nitrogens with two attached hydrogens (primary N) is 1. The molecule has 0 saturated carbocycles. The maximum absolute atomic E-state index is 6.01. The molecule has 0 aliphatic heterocycles. The number of anilines is 1. The minimum atomic E-state index is 0.910. The molecule has 0 amide bonds. The van der Waals surface area contributed by atoms with Gasteiger partial charge in [-0.2, -0.15) is 0 Å². The van der Waals surface area contributed by atoms with E-state index in [1.165, 1.54) is 35.3 Å². The molecule has 0 unspecified atom stereocenters. The average molecular weight is 271 g/mol. The molecule has 100 valence electrons. The van der Waals surface area contributed by atoms with Gasteiger partial charge in [0, 0.05) is 10.6 Å². The molecule has 2 N–H and O–H groups in total. The maximum Gasteiger partial charge on any atom is 0.0454 e. The van der Waals surface area contributed by atoms with Gasteiger partial charge in [-0.1, -0.05) is 36.4 Å². The molecular formula is C17H21NS. The van der Waals surface area contributed by atoms with Gasteiger partial charge in [-0.05, 0) is 55.2 Å². The summed E-state index contributed by atoms with van der Waals surface area (Å²) in [5.41, 5.74) is 9.58. The highest BCUT2D eigenvalue weighted by Gasteiger charge is 2.00. The Hall–Kier alpha value is -1.41. The summed E-state index contributed by atoms with van der Waals surface area (Å²) in [5, 5.41) is 0. The number of nitrogen functional groups attached to an aromatic ring is 1. The van der Waals surface area contributed by atoms with Gasteiger partial charge in [-0.25, -0.2) is 0 Å². The van der Waals surface area contributed by atoms with E-state index in [-0.39, 0.29) is 0 Å². The summed E-state index contributed by atoms with van der Waals surface area (Å²) in [5.74, 6) is 1.14. The molecule has 0 fully saturated rings. The van der Waals surface area contributed by atoms with E-state index in [9.17, 15) is 0 Å². The molecule has 1 nitrogen and oxygen atoms in total. The molecule has 0 heterocycles. The minimum absolute atomic E-state index is 0.910. The van der Waals surface area contributed by atoms with Crippen LogP contribution in [0.4, 0.5) is 5.69 Å². The van der Waals surface area contributed by atoms with Gasteiger partial charge in [0.1, 0.15) is 0 Å². The van der Waals surface area contributed by atoms with Crippen LogP contribution in [0.1, 0.15) is 24.0 Å². The lowest BCUT2D eigenvalue weighted by molar-refractivity contribution is 0.802. The smallest absolute Gasteiger partial charge is 0.0454 e. The highest BCUT2D eigenvalue weighted by atomic mass is 32.2. The Morgan fingerprint density at radius 2 is 1.79 bits per heavy atom. The van der Waals surface area contributed by atoms with Crippen molar-refractivity contribution in [1.29, 1.82) is 0 Å². The van der Waals surface area contributed by atoms with E-state index in [2.05, 4.69) is 49.4 Å². The first-order chi connectivity index (χ1) is 9.25. The summed E-state index contributed by atoms with van der Waals surface area (Å²) in [7, 11) is 0. The molecule has 0 atom stereocenters. The molecule has 2 heteroatoms. The highest BCUT2D eigenvalue weighted by Crippen LogP contribution is 2.26. The van der Waals surface area contributed by atoms with Gasteiger partial charge in [0.15, 0.2) is 0 Å². The monoisotopic (exact) mass is 271 g/mol. The van der Waals surface area contributed by atoms with Gasteiger partial charge in [-0.3, -0.25) is 0 Å². The Labute approximate surface area is 120 Å². The van der Waals surface area contributed by atoms with Crippen LogP contribution in [0, 0.1) is 6.92 Å². The molecule has 0 aliphatic carbocycles. The second kappa shape index (κ2) is 7.25. The standard InChI is InChI=1S/C17H21NS/c1-14-10-11-17(16(18)13-14)19-12-6-5-9-15-7-3-2-4-8-15/h2-4,7-8,10-11,13H,5-6,9,12,18H2,1H3. The number of hydrogen-bond donors (Lipinski definition) is 1. The summed E-state index contributed by atoms with van der Waals surface area (Å²) in [6, 6.07) is 17.0. The number of unbranched alkanes of at least 4 members (excludes halogenated alkanes) is 1. The second-order valence-corrected chi connectivity index (χ2v) is 5.97. The van der Waals surface area contributed by atoms with Crippen molar-refractivity contribution in [3.8, 4) is 0 Å². The second-order valence-electron chi connectivity index (χ2n) is 4.83. The number of rotatable bonds is 6. The molecule has 2 aromatic carbocycles. The van der Waals surface area contributed by atoms with E-state index in [4.69, 9.17) is 5.73 Å². The summed E-state index contributed by atoms with van der Waals surface area (Å²) in [6.07, 6.45) is 3.64. The normalized spacial score (nSPS) is 10.6. The average Bonchev–Trinajstić information content (AvgIpc) is 2.42. The molecule has 2 rings (SSSR count). The Bertz CT molecular complexity index is 508. The summed E-state index contributed by atoms with van der Waals surface area (Å²) in [4.78, 5) is 1.21. The van der Waals surface area contributed by atoms with Gasteiger partial charge in [0.25, 0.3) is 0 Å². The van der Waals surface area contributed by atoms with Crippen LogP contribution in [-0.2, 0) is 6.42 Å². The summed E-state index contributed by atoms with van der Waals surface area (Å²) >= 11 is 1.87. The van der Waals surface area contributed by atoms with E-state index in [1.54, 1.807) is 0 Å². The molecule has 0 radical (unpaired) electrons. The number of aryl methyl sites for hydroxylation is 2. The van der Waals surface area contributed by atoms with Crippen LogP contribution in [0.3, 0.4) is 0 Å². The first-order valence-corrected chi connectivity index (χ1v) is 7.77. The molecule has 0 aliphatic rings. The van der Waals surface area contributed by atoms with Crippen LogP contribution in [-0.4, -0.2) is 5.75 Å². The maximum atomic E-state index is 6.01. The minimum Gasteiger partial charge on any atom is -0.398 e. The summed E-state index contributed by atoms with van der Waals surface area (Å²) in [6.45, 7) is 2.07. The van der Waals surface area contributed by atoms with E-state index < -0.39 is 0 Å². The van der Waals surface area contributed by atoms with Gasteiger partial charge in [0.2, 0.25) is 0 Å². The van der Waals surface area contributed by atoms with Gasteiger partial charge in [0.05, 0.1) is 0 Å². The Kier molecular flexibility index (Phi) is 5.34. The van der Waals surface area contributed by atoms with Crippen molar-refractivity contribution < 1.29 is 0 Å². The number of benzene rings is 2. The third-order valence-electron chi connectivity index (χ3n) is 3.13. The topological polar surface area (TPSA) is 26.0 Å². The van der Waals surface area contributed by atoms with E-state index in [0.717, 1.165) is 11.4 Å². The van der Waals surface area contributed by atoms with Crippen molar-refractivity contribution in [2.45, 2.75) is 31.1 Å².